The molecule has 0 unspecified atom stereocenters. The maximum Gasteiger partial charge on any atom is 0.435 e. The van der Waals surface area contributed by atoms with Gasteiger partial charge in [-0.2, -0.15) is 18.3 Å². The smallest absolute Gasteiger partial charge is 0.385 e. The summed E-state index contributed by atoms with van der Waals surface area (Å²) in [6, 6.07) is -0.760. The van der Waals surface area contributed by atoms with Gasteiger partial charge in [0.05, 0.1) is 11.7 Å². The minimum atomic E-state index is -4.94. The third kappa shape index (κ3) is 2.29. The largest absolute Gasteiger partial charge is 0.435 e. The van der Waals surface area contributed by atoms with Crippen LogP contribution in [0.5, 0.6) is 0 Å². The molecular formula is C13H14F6N2O. The Kier molecular flexibility index (Phi) is 3.65. The number of rotatable bonds is 1. The van der Waals surface area contributed by atoms with E-state index >= 15 is 0 Å². The molecule has 0 radical (unpaired) electrons. The van der Waals surface area contributed by atoms with Gasteiger partial charge in [-0.25, -0.2) is 13.2 Å². The summed E-state index contributed by atoms with van der Waals surface area (Å²) in [5.74, 6) is 0. The number of aliphatic hydroxyl groups excluding tert-OH is 1. The van der Waals surface area contributed by atoms with Gasteiger partial charge in [-0.05, 0) is 19.3 Å². The van der Waals surface area contributed by atoms with Crippen molar-refractivity contribution < 1.29 is 31.4 Å². The second-order valence-electron chi connectivity index (χ2n) is 5.80. The van der Waals surface area contributed by atoms with Crippen molar-refractivity contribution in [3.8, 4) is 0 Å². The molecule has 124 valence electrons. The second-order valence-corrected chi connectivity index (χ2v) is 5.80. The highest BCUT2D eigenvalue weighted by molar-refractivity contribution is 5.39. The maximum absolute atomic E-state index is 14.0. The summed E-state index contributed by atoms with van der Waals surface area (Å²) in [6.45, 7) is 0. The van der Waals surface area contributed by atoms with E-state index in [-0.39, 0.29) is 6.42 Å². The number of fused-ring (bicyclic) bond motifs is 1. The van der Waals surface area contributed by atoms with E-state index in [2.05, 4.69) is 5.10 Å². The summed E-state index contributed by atoms with van der Waals surface area (Å²) in [7, 11) is 0. The van der Waals surface area contributed by atoms with Crippen LogP contribution >= 0.6 is 0 Å². The average Bonchev–Trinajstić information content (AvgIpc) is 2.93. The number of hydrogen-bond donors (Lipinski definition) is 1. The molecular weight excluding hydrogens is 314 g/mol. The molecule has 1 aromatic rings. The van der Waals surface area contributed by atoms with Crippen LogP contribution in [0.4, 0.5) is 26.3 Å². The summed E-state index contributed by atoms with van der Waals surface area (Å²) < 4.78 is 80.9. The molecule has 9 heteroatoms. The Bertz CT molecular complexity index is 572. The van der Waals surface area contributed by atoms with Crippen LogP contribution in [0.2, 0.25) is 0 Å². The molecule has 5 atom stereocenters. The van der Waals surface area contributed by atoms with E-state index in [9.17, 15) is 31.4 Å². The maximum atomic E-state index is 14.0. The zero-order valence-electron chi connectivity index (χ0n) is 11.3. The molecule has 1 fully saturated rings. The first-order chi connectivity index (χ1) is 10.2. The molecule has 0 amide bonds. The third-order valence-corrected chi connectivity index (χ3v) is 4.32. The Hall–Kier alpha value is -1.25. The minimum absolute atomic E-state index is 0.0921. The Morgan fingerprint density at radius 1 is 1.14 bits per heavy atom. The quantitative estimate of drug-likeness (QED) is 0.797. The van der Waals surface area contributed by atoms with Crippen LogP contribution in [0, 0.1) is 0 Å². The molecule has 0 aliphatic heterocycles. The second kappa shape index (κ2) is 5.14. The van der Waals surface area contributed by atoms with E-state index in [4.69, 9.17) is 0 Å². The Morgan fingerprint density at radius 2 is 1.82 bits per heavy atom. The van der Waals surface area contributed by atoms with E-state index in [1.807, 2.05) is 0 Å². The summed E-state index contributed by atoms with van der Waals surface area (Å²) in [5.41, 5.74) is -2.95. The van der Waals surface area contributed by atoms with E-state index in [0.717, 1.165) is 4.68 Å². The minimum Gasteiger partial charge on any atom is -0.385 e. The van der Waals surface area contributed by atoms with Gasteiger partial charge in [-0.1, -0.05) is 0 Å². The SMILES string of the molecule is O[C@H]1c2c(C(F)(F)F)nn([C@H]3CCC[C@H](F)C3)c2[C@@H](F)[C@H]1F. The van der Waals surface area contributed by atoms with Crippen LogP contribution in [0.15, 0.2) is 0 Å². The molecule has 2 aliphatic carbocycles. The summed E-state index contributed by atoms with van der Waals surface area (Å²) >= 11 is 0. The topological polar surface area (TPSA) is 38.1 Å². The lowest BCUT2D eigenvalue weighted by Gasteiger charge is -2.26. The van der Waals surface area contributed by atoms with Gasteiger partial charge >= 0.3 is 6.18 Å². The molecule has 3 nitrogen and oxygen atoms in total. The highest BCUT2D eigenvalue weighted by atomic mass is 19.4. The van der Waals surface area contributed by atoms with E-state index < -0.39 is 53.8 Å². The fourth-order valence-electron chi connectivity index (χ4n) is 3.31. The van der Waals surface area contributed by atoms with Gasteiger partial charge in [0.1, 0.15) is 12.3 Å². The zero-order valence-corrected chi connectivity index (χ0v) is 11.3. The van der Waals surface area contributed by atoms with Crippen molar-refractivity contribution >= 4 is 0 Å². The lowest BCUT2D eigenvalue weighted by Crippen LogP contribution is -2.24. The molecule has 3 rings (SSSR count). The monoisotopic (exact) mass is 328 g/mol. The van der Waals surface area contributed by atoms with Gasteiger partial charge in [-0.3, -0.25) is 4.68 Å². The molecule has 0 bridgehead atoms. The van der Waals surface area contributed by atoms with E-state index in [1.54, 1.807) is 0 Å². The summed E-state index contributed by atoms with van der Waals surface area (Å²) in [6.07, 6.45) is -12.3. The number of aliphatic hydroxyl groups is 1. The number of nitrogens with zero attached hydrogens (tertiary/aromatic N) is 2. The number of hydrogen-bond acceptors (Lipinski definition) is 2. The van der Waals surface area contributed by atoms with Crippen LogP contribution in [0.3, 0.4) is 0 Å². The van der Waals surface area contributed by atoms with Crippen molar-refractivity contribution in [3.63, 3.8) is 0 Å². The standard InChI is InChI=1S/C13H14F6N2O/c14-5-2-1-3-6(4-5)21-10-7(11(22)9(16)8(10)15)12(20-21)13(17,18)19/h5-6,8-9,11,22H,1-4H2/t5-,6-,8-,9+,11-/m0/s1. The van der Waals surface area contributed by atoms with Gasteiger partial charge in [0.15, 0.2) is 18.0 Å². The van der Waals surface area contributed by atoms with Crippen molar-refractivity contribution in [2.24, 2.45) is 0 Å². The van der Waals surface area contributed by atoms with Crippen LogP contribution in [0.1, 0.15) is 61.0 Å². The van der Waals surface area contributed by atoms with Crippen molar-refractivity contribution in [2.75, 3.05) is 0 Å². The van der Waals surface area contributed by atoms with Crippen molar-refractivity contribution in [2.45, 2.75) is 62.5 Å². The molecule has 0 spiro atoms. The van der Waals surface area contributed by atoms with Crippen LogP contribution in [-0.4, -0.2) is 27.2 Å². The fraction of sp³-hybridized carbons (Fsp3) is 0.769. The van der Waals surface area contributed by atoms with Gasteiger partial charge in [-0.15, -0.1) is 0 Å². The Balaban J connectivity index is 2.11. The van der Waals surface area contributed by atoms with Gasteiger partial charge in [0.2, 0.25) is 0 Å². The van der Waals surface area contributed by atoms with Gasteiger partial charge in [0.25, 0.3) is 0 Å². The van der Waals surface area contributed by atoms with E-state index in [0.29, 0.717) is 19.3 Å². The van der Waals surface area contributed by atoms with Crippen LogP contribution < -0.4 is 0 Å². The average molecular weight is 328 g/mol. The molecule has 1 aromatic heterocycles. The highest BCUT2D eigenvalue weighted by Gasteiger charge is 2.52. The third-order valence-electron chi connectivity index (χ3n) is 4.32. The number of aromatic nitrogens is 2. The normalized spacial score (nSPS) is 35.7. The highest BCUT2D eigenvalue weighted by Crippen LogP contribution is 2.50. The Morgan fingerprint density at radius 3 is 2.41 bits per heavy atom. The van der Waals surface area contributed by atoms with Crippen molar-refractivity contribution in [1.29, 1.82) is 0 Å². The van der Waals surface area contributed by atoms with Crippen molar-refractivity contribution in [1.82, 2.24) is 9.78 Å². The zero-order chi connectivity index (χ0) is 16.2. The van der Waals surface area contributed by atoms with Crippen molar-refractivity contribution in [3.05, 3.63) is 17.0 Å². The molecule has 1 N–H and O–H groups in total. The lowest BCUT2D eigenvalue weighted by molar-refractivity contribution is -0.143. The molecule has 0 saturated heterocycles. The molecule has 22 heavy (non-hydrogen) atoms. The number of halogens is 6. The molecule has 0 aromatic carbocycles. The number of alkyl halides is 6. The lowest BCUT2D eigenvalue weighted by atomic mass is 9.94. The molecule has 1 heterocycles. The van der Waals surface area contributed by atoms with Gasteiger partial charge < -0.3 is 5.11 Å². The Labute approximate surface area is 121 Å². The first-order valence-electron chi connectivity index (χ1n) is 7.01. The molecule has 2 aliphatic rings. The first-order valence-corrected chi connectivity index (χ1v) is 7.01. The predicted molar refractivity (Wildman–Crippen MR) is 63.3 cm³/mol. The van der Waals surface area contributed by atoms with E-state index in [1.165, 1.54) is 0 Å². The van der Waals surface area contributed by atoms with Crippen LogP contribution in [0.25, 0.3) is 0 Å². The molecule has 1 saturated carbocycles. The fourth-order valence-corrected chi connectivity index (χ4v) is 3.31. The van der Waals surface area contributed by atoms with Crippen LogP contribution in [-0.2, 0) is 6.18 Å². The summed E-state index contributed by atoms with van der Waals surface area (Å²) in [4.78, 5) is 0. The first kappa shape index (κ1) is 15.6. The predicted octanol–water partition coefficient (Wildman–Crippen LogP) is 3.75. The summed E-state index contributed by atoms with van der Waals surface area (Å²) in [5, 5.41) is 12.9. The van der Waals surface area contributed by atoms with Gasteiger partial charge in [0, 0.05) is 12.0 Å².